The number of benzene rings is 2. The number of hydrogen-bond acceptors (Lipinski definition) is 4. The van der Waals surface area contributed by atoms with Gasteiger partial charge in [0.1, 0.15) is 0 Å². The second-order valence-corrected chi connectivity index (χ2v) is 7.28. The third-order valence-corrected chi connectivity index (χ3v) is 5.06. The molecule has 156 valence electrons. The van der Waals surface area contributed by atoms with Gasteiger partial charge in [0.2, 0.25) is 5.91 Å². The van der Waals surface area contributed by atoms with E-state index in [1.54, 1.807) is 36.1 Å². The standard InChI is InChI=1S/C24H26N2O4/c1-18(23(28)25-21-10-6-3-7-11-21)30-24(29)20-14-16-26(17-15-20)22(27)13-12-19-8-4-2-5-9-19/h2-13,18,20H,14-17H2,1H3,(H,25,28)/b13-12+/t18-/m0/s1. The second kappa shape index (κ2) is 10.4. The minimum absolute atomic E-state index is 0.0683. The molecular formula is C24H26N2O4. The van der Waals surface area contributed by atoms with E-state index in [1.165, 1.54) is 0 Å². The van der Waals surface area contributed by atoms with E-state index in [1.807, 2.05) is 48.5 Å². The molecule has 0 radical (unpaired) electrons. The molecule has 1 N–H and O–H groups in total. The average molecular weight is 406 g/mol. The van der Waals surface area contributed by atoms with Crippen molar-refractivity contribution in [1.82, 2.24) is 4.90 Å². The van der Waals surface area contributed by atoms with E-state index in [4.69, 9.17) is 4.74 Å². The molecule has 2 amide bonds. The SMILES string of the molecule is C[C@H](OC(=O)C1CCN(C(=O)/C=C/c2ccccc2)CC1)C(=O)Nc1ccccc1. The number of rotatable bonds is 6. The van der Waals surface area contributed by atoms with Crippen LogP contribution in [0.4, 0.5) is 5.69 Å². The Balaban J connectivity index is 1.43. The molecule has 1 heterocycles. The largest absolute Gasteiger partial charge is 0.452 e. The maximum Gasteiger partial charge on any atom is 0.309 e. The first kappa shape index (κ1) is 21.3. The molecule has 1 saturated heterocycles. The van der Waals surface area contributed by atoms with Gasteiger partial charge in [-0.25, -0.2) is 0 Å². The first-order valence-corrected chi connectivity index (χ1v) is 10.1. The number of piperidine rings is 1. The summed E-state index contributed by atoms with van der Waals surface area (Å²) in [5.74, 6) is -1.13. The lowest BCUT2D eigenvalue weighted by molar-refractivity contribution is -0.159. The van der Waals surface area contributed by atoms with Crippen molar-refractivity contribution in [1.29, 1.82) is 0 Å². The van der Waals surface area contributed by atoms with Gasteiger partial charge in [0.25, 0.3) is 5.91 Å². The van der Waals surface area contributed by atoms with Crippen LogP contribution in [0.3, 0.4) is 0 Å². The molecule has 2 aromatic carbocycles. The highest BCUT2D eigenvalue weighted by molar-refractivity contribution is 5.95. The van der Waals surface area contributed by atoms with E-state index in [2.05, 4.69) is 5.32 Å². The fraction of sp³-hybridized carbons (Fsp3) is 0.292. The van der Waals surface area contributed by atoms with Crippen molar-refractivity contribution in [3.05, 3.63) is 72.3 Å². The molecule has 1 fully saturated rings. The van der Waals surface area contributed by atoms with E-state index < -0.39 is 12.1 Å². The van der Waals surface area contributed by atoms with Crippen LogP contribution < -0.4 is 5.32 Å². The summed E-state index contributed by atoms with van der Waals surface area (Å²) >= 11 is 0. The van der Waals surface area contributed by atoms with Gasteiger partial charge in [-0.15, -0.1) is 0 Å². The lowest BCUT2D eigenvalue weighted by Gasteiger charge is -2.30. The molecule has 3 rings (SSSR count). The number of anilines is 1. The molecule has 0 spiro atoms. The van der Waals surface area contributed by atoms with Crippen LogP contribution in [0.15, 0.2) is 66.7 Å². The molecule has 1 atom stereocenters. The van der Waals surface area contributed by atoms with Crippen LogP contribution in [-0.2, 0) is 19.1 Å². The van der Waals surface area contributed by atoms with Crippen molar-refractivity contribution in [3.63, 3.8) is 0 Å². The molecule has 0 aliphatic carbocycles. The van der Waals surface area contributed by atoms with Crippen molar-refractivity contribution in [3.8, 4) is 0 Å². The first-order valence-electron chi connectivity index (χ1n) is 10.1. The summed E-state index contributed by atoms with van der Waals surface area (Å²) in [6, 6.07) is 18.7. The van der Waals surface area contributed by atoms with Crippen LogP contribution in [0.2, 0.25) is 0 Å². The lowest BCUT2D eigenvalue weighted by Crippen LogP contribution is -2.41. The Morgan fingerprint density at radius 2 is 1.60 bits per heavy atom. The van der Waals surface area contributed by atoms with Crippen LogP contribution in [0.25, 0.3) is 6.08 Å². The van der Waals surface area contributed by atoms with E-state index in [0.717, 1.165) is 5.56 Å². The van der Waals surface area contributed by atoms with Crippen LogP contribution >= 0.6 is 0 Å². The van der Waals surface area contributed by atoms with Gasteiger partial charge < -0.3 is 15.0 Å². The lowest BCUT2D eigenvalue weighted by atomic mass is 9.97. The van der Waals surface area contributed by atoms with Gasteiger partial charge in [0, 0.05) is 24.9 Å². The number of carbonyl (C=O) groups excluding carboxylic acids is 3. The number of nitrogens with zero attached hydrogens (tertiary/aromatic N) is 1. The van der Waals surface area contributed by atoms with Gasteiger partial charge in [-0.05, 0) is 43.5 Å². The Bertz CT molecular complexity index is 888. The first-order chi connectivity index (χ1) is 14.5. The van der Waals surface area contributed by atoms with E-state index in [-0.39, 0.29) is 17.7 Å². The summed E-state index contributed by atoms with van der Waals surface area (Å²) in [4.78, 5) is 38.7. The van der Waals surface area contributed by atoms with Crippen LogP contribution in [0.1, 0.15) is 25.3 Å². The average Bonchev–Trinajstić information content (AvgIpc) is 2.79. The number of hydrogen-bond donors (Lipinski definition) is 1. The van der Waals surface area contributed by atoms with Crippen molar-refractivity contribution in [2.24, 2.45) is 5.92 Å². The maximum absolute atomic E-state index is 12.4. The highest BCUT2D eigenvalue weighted by Crippen LogP contribution is 2.20. The number of amides is 2. The van der Waals surface area contributed by atoms with E-state index in [0.29, 0.717) is 31.6 Å². The summed E-state index contributed by atoms with van der Waals surface area (Å²) in [5.41, 5.74) is 1.62. The fourth-order valence-electron chi connectivity index (χ4n) is 3.26. The Morgan fingerprint density at radius 1 is 1.00 bits per heavy atom. The Hall–Kier alpha value is -3.41. The van der Waals surface area contributed by atoms with Crippen LogP contribution in [-0.4, -0.2) is 41.9 Å². The summed E-state index contributed by atoms with van der Waals surface area (Å²) in [6.45, 7) is 2.54. The molecule has 6 nitrogen and oxygen atoms in total. The zero-order valence-electron chi connectivity index (χ0n) is 17.0. The normalized spacial score (nSPS) is 15.6. The molecule has 1 aliphatic rings. The zero-order valence-corrected chi connectivity index (χ0v) is 17.0. The minimum Gasteiger partial charge on any atom is -0.452 e. The van der Waals surface area contributed by atoms with Crippen molar-refractivity contribution >= 4 is 29.5 Å². The van der Waals surface area contributed by atoms with Gasteiger partial charge in [-0.3, -0.25) is 14.4 Å². The minimum atomic E-state index is -0.883. The monoisotopic (exact) mass is 406 g/mol. The molecule has 0 unspecified atom stereocenters. The van der Waals surface area contributed by atoms with E-state index >= 15 is 0 Å². The zero-order chi connectivity index (χ0) is 21.3. The smallest absolute Gasteiger partial charge is 0.309 e. The van der Waals surface area contributed by atoms with Gasteiger partial charge in [-0.2, -0.15) is 0 Å². The number of ether oxygens (including phenoxy) is 1. The third-order valence-electron chi connectivity index (χ3n) is 5.06. The Morgan fingerprint density at radius 3 is 2.23 bits per heavy atom. The van der Waals surface area contributed by atoms with Crippen molar-refractivity contribution < 1.29 is 19.1 Å². The van der Waals surface area contributed by atoms with Crippen molar-refractivity contribution in [2.75, 3.05) is 18.4 Å². The summed E-state index contributed by atoms with van der Waals surface area (Å²) in [6.07, 6.45) is 3.51. The number of nitrogens with one attached hydrogen (secondary N) is 1. The quantitative estimate of drug-likeness (QED) is 0.588. The number of carbonyl (C=O) groups is 3. The molecule has 0 aromatic heterocycles. The van der Waals surface area contributed by atoms with Gasteiger partial charge in [0.05, 0.1) is 5.92 Å². The van der Waals surface area contributed by atoms with E-state index in [9.17, 15) is 14.4 Å². The third kappa shape index (κ3) is 6.04. The molecule has 0 bridgehead atoms. The van der Waals surface area contributed by atoms with Crippen molar-refractivity contribution in [2.45, 2.75) is 25.9 Å². The van der Waals surface area contributed by atoms with Crippen LogP contribution in [0, 0.1) is 5.92 Å². The predicted molar refractivity (Wildman–Crippen MR) is 115 cm³/mol. The molecule has 0 saturated carbocycles. The maximum atomic E-state index is 12.4. The fourth-order valence-corrected chi connectivity index (χ4v) is 3.26. The Labute approximate surface area is 176 Å². The molecule has 30 heavy (non-hydrogen) atoms. The highest BCUT2D eigenvalue weighted by Gasteiger charge is 2.29. The highest BCUT2D eigenvalue weighted by atomic mass is 16.5. The number of likely N-dealkylation sites (tertiary alicyclic amines) is 1. The summed E-state index contributed by atoms with van der Waals surface area (Å²) in [7, 11) is 0. The van der Waals surface area contributed by atoms with Crippen LogP contribution in [0.5, 0.6) is 0 Å². The van der Waals surface area contributed by atoms with Gasteiger partial charge >= 0.3 is 5.97 Å². The van der Waals surface area contributed by atoms with Gasteiger partial charge in [0.15, 0.2) is 6.10 Å². The molecule has 2 aromatic rings. The number of para-hydroxylation sites is 1. The molecule has 6 heteroatoms. The second-order valence-electron chi connectivity index (χ2n) is 7.28. The summed E-state index contributed by atoms with van der Waals surface area (Å²) in [5, 5.41) is 2.72. The Kier molecular flexibility index (Phi) is 7.38. The molecule has 1 aliphatic heterocycles. The molecular weight excluding hydrogens is 380 g/mol. The van der Waals surface area contributed by atoms with Gasteiger partial charge in [-0.1, -0.05) is 48.5 Å². The predicted octanol–water partition coefficient (Wildman–Crippen LogP) is 3.51. The topological polar surface area (TPSA) is 75.7 Å². The number of esters is 1. The summed E-state index contributed by atoms with van der Waals surface area (Å²) < 4.78 is 5.36.